The lowest BCUT2D eigenvalue weighted by Crippen LogP contribution is -2.39. The van der Waals surface area contributed by atoms with Gasteiger partial charge in [0.25, 0.3) is 0 Å². The number of para-hydroxylation sites is 1. The molecule has 0 aliphatic carbocycles. The highest BCUT2D eigenvalue weighted by Gasteiger charge is 2.27. The molecule has 4 rings (SSSR count). The maximum absolute atomic E-state index is 12.6. The van der Waals surface area contributed by atoms with Crippen molar-refractivity contribution in [2.24, 2.45) is 0 Å². The fourth-order valence-electron chi connectivity index (χ4n) is 3.55. The van der Waals surface area contributed by atoms with Crippen molar-refractivity contribution in [3.63, 3.8) is 0 Å². The Bertz CT molecular complexity index is 836. The van der Waals surface area contributed by atoms with Gasteiger partial charge in [0.1, 0.15) is 11.9 Å². The van der Waals surface area contributed by atoms with Crippen LogP contribution in [0.15, 0.2) is 42.5 Å². The van der Waals surface area contributed by atoms with E-state index in [-0.39, 0.29) is 0 Å². The second-order valence-electron chi connectivity index (χ2n) is 6.68. The number of hydrogen-bond donors (Lipinski definition) is 1. The third-order valence-electron chi connectivity index (χ3n) is 5.00. The highest BCUT2D eigenvalue weighted by molar-refractivity contribution is 6.01. The number of nitrogens with zero attached hydrogens (tertiary/aromatic N) is 2. The monoisotopic (exact) mass is 368 g/mol. The Morgan fingerprint density at radius 1 is 1.22 bits per heavy atom. The van der Waals surface area contributed by atoms with Gasteiger partial charge in [-0.25, -0.2) is 0 Å². The average molecular weight is 368 g/mol. The number of hydroxylamine groups is 2. The van der Waals surface area contributed by atoms with E-state index in [1.165, 1.54) is 0 Å². The van der Waals surface area contributed by atoms with Gasteiger partial charge in [0.2, 0.25) is 5.91 Å². The highest BCUT2D eigenvalue weighted by atomic mass is 16.5. The molecule has 0 saturated carbocycles. The lowest BCUT2D eigenvalue weighted by Gasteiger charge is -2.42. The van der Waals surface area contributed by atoms with Crippen LogP contribution < -0.4 is 10.1 Å². The molecule has 0 bridgehead atoms. The quantitative estimate of drug-likeness (QED) is 0.894. The molecular formula is C20H22N3O4-. The summed E-state index contributed by atoms with van der Waals surface area (Å²) in [4.78, 5) is 14.7. The predicted molar refractivity (Wildman–Crippen MR) is 101 cm³/mol. The molecule has 1 saturated heterocycles. The first-order chi connectivity index (χ1) is 13.2. The van der Waals surface area contributed by atoms with Crippen molar-refractivity contribution in [3.8, 4) is 5.75 Å². The van der Waals surface area contributed by atoms with Crippen LogP contribution in [0.5, 0.6) is 5.75 Å². The number of ether oxygens (including phenoxy) is 2. The van der Waals surface area contributed by atoms with Crippen molar-refractivity contribution < 1.29 is 14.3 Å². The molecule has 0 spiro atoms. The number of rotatable bonds is 4. The Balaban J connectivity index is 1.63. The number of carbonyl (C=O) groups excluding carboxylic acids is 1. The third-order valence-corrected chi connectivity index (χ3v) is 5.00. The molecule has 1 N–H and O–H groups in total. The molecule has 142 valence electrons. The molecule has 1 fully saturated rings. The topological polar surface area (TPSA) is 77.1 Å². The van der Waals surface area contributed by atoms with Gasteiger partial charge >= 0.3 is 0 Å². The molecule has 7 nitrogen and oxygen atoms in total. The summed E-state index contributed by atoms with van der Waals surface area (Å²) < 4.78 is 10.9. The SMILES string of the molecule is COc1ccc(C2Nc3ccccc3C(=O)N2[O-])cc1CN1CCOCC1. The lowest BCUT2D eigenvalue weighted by atomic mass is 10.0. The van der Waals surface area contributed by atoms with Crippen LogP contribution in [-0.4, -0.2) is 49.3 Å². The van der Waals surface area contributed by atoms with Gasteiger partial charge in [-0.3, -0.25) is 9.69 Å². The van der Waals surface area contributed by atoms with Crippen molar-refractivity contribution >= 4 is 11.6 Å². The summed E-state index contributed by atoms with van der Waals surface area (Å²) in [6, 6.07) is 12.7. The third kappa shape index (κ3) is 3.49. The number of carbonyl (C=O) groups is 1. The Morgan fingerprint density at radius 3 is 2.78 bits per heavy atom. The minimum atomic E-state index is -0.762. The number of benzene rings is 2. The van der Waals surface area contributed by atoms with E-state index in [2.05, 4.69) is 10.2 Å². The van der Waals surface area contributed by atoms with Gasteiger partial charge in [0.05, 0.1) is 25.9 Å². The Morgan fingerprint density at radius 2 is 2.00 bits per heavy atom. The first kappa shape index (κ1) is 17.8. The Labute approximate surface area is 158 Å². The van der Waals surface area contributed by atoms with E-state index in [0.29, 0.717) is 36.1 Å². The van der Waals surface area contributed by atoms with E-state index < -0.39 is 12.1 Å². The molecule has 2 aliphatic rings. The number of nitrogens with one attached hydrogen (secondary N) is 1. The average Bonchev–Trinajstić information content (AvgIpc) is 2.71. The molecule has 7 heteroatoms. The minimum Gasteiger partial charge on any atom is -0.754 e. The summed E-state index contributed by atoms with van der Waals surface area (Å²) in [5.74, 6) is 0.241. The summed E-state index contributed by atoms with van der Waals surface area (Å²) in [7, 11) is 1.64. The summed E-state index contributed by atoms with van der Waals surface area (Å²) in [5.41, 5.74) is 2.78. The van der Waals surface area contributed by atoms with Gasteiger partial charge < -0.3 is 25.1 Å². The molecule has 1 atom stereocenters. The summed E-state index contributed by atoms with van der Waals surface area (Å²) in [6.07, 6.45) is -0.762. The van der Waals surface area contributed by atoms with Crippen LogP contribution in [0.1, 0.15) is 27.7 Å². The summed E-state index contributed by atoms with van der Waals surface area (Å²) in [6.45, 7) is 3.84. The number of fused-ring (bicyclic) bond motifs is 1. The first-order valence-electron chi connectivity index (χ1n) is 9.00. The number of methoxy groups -OCH3 is 1. The van der Waals surface area contributed by atoms with Crippen LogP contribution in [0.3, 0.4) is 0 Å². The zero-order valence-corrected chi connectivity index (χ0v) is 15.2. The number of hydrogen-bond acceptors (Lipinski definition) is 6. The molecule has 1 unspecified atom stereocenters. The van der Waals surface area contributed by atoms with Gasteiger partial charge in [-0.1, -0.05) is 18.2 Å². The zero-order chi connectivity index (χ0) is 18.8. The fourth-order valence-corrected chi connectivity index (χ4v) is 3.55. The summed E-state index contributed by atoms with van der Waals surface area (Å²) in [5, 5.41) is 16.3. The Kier molecular flexibility index (Phi) is 4.98. The van der Waals surface area contributed by atoms with Crippen molar-refractivity contribution in [1.82, 2.24) is 9.96 Å². The number of anilines is 1. The van der Waals surface area contributed by atoms with Crippen LogP contribution in [0.4, 0.5) is 5.69 Å². The van der Waals surface area contributed by atoms with E-state index in [9.17, 15) is 10.0 Å². The molecule has 2 aromatic carbocycles. The van der Waals surface area contributed by atoms with E-state index in [1.807, 2.05) is 30.3 Å². The van der Waals surface area contributed by atoms with E-state index in [4.69, 9.17) is 9.47 Å². The number of amides is 1. The molecule has 0 aromatic heterocycles. The van der Waals surface area contributed by atoms with Gasteiger partial charge in [0.15, 0.2) is 0 Å². The summed E-state index contributed by atoms with van der Waals surface area (Å²) >= 11 is 0. The van der Waals surface area contributed by atoms with Crippen molar-refractivity contribution in [1.29, 1.82) is 0 Å². The van der Waals surface area contributed by atoms with Crippen LogP contribution in [0, 0.1) is 5.21 Å². The molecule has 27 heavy (non-hydrogen) atoms. The predicted octanol–water partition coefficient (Wildman–Crippen LogP) is 2.59. The van der Waals surface area contributed by atoms with Gasteiger partial charge in [-0.2, -0.15) is 0 Å². The molecule has 2 heterocycles. The molecule has 2 aromatic rings. The van der Waals surface area contributed by atoms with Gasteiger partial charge in [-0.05, 0) is 29.8 Å². The molecule has 2 aliphatic heterocycles. The standard InChI is InChI=1S/C20H22N3O4/c1-26-18-7-6-14(12-15(18)13-22-8-10-27-11-9-22)19-21-17-5-3-2-4-16(17)20(24)23(19)25/h2-7,12,19,21H,8-11,13H2,1H3/q-1. The Hall–Kier alpha value is -2.61. The second kappa shape index (κ2) is 7.56. The number of morpholine rings is 1. The van der Waals surface area contributed by atoms with Crippen LogP contribution in [0.25, 0.3) is 0 Å². The maximum Gasteiger partial charge on any atom is 0.247 e. The smallest absolute Gasteiger partial charge is 0.247 e. The molecule has 0 radical (unpaired) electrons. The largest absolute Gasteiger partial charge is 0.754 e. The first-order valence-corrected chi connectivity index (χ1v) is 9.00. The second-order valence-corrected chi connectivity index (χ2v) is 6.68. The normalized spacial score (nSPS) is 20.1. The van der Waals surface area contributed by atoms with Gasteiger partial charge in [-0.15, -0.1) is 0 Å². The van der Waals surface area contributed by atoms with Crippen LogP contribution in [-0.2, 0) is 11.3 Å². The zero-order valence-electron chi connectivity index (χ0n) is 15.2. The van der Waals surface area contributed by atoms with Crippen LogP contribution in [0.2, 0.25) is 0 Å². The van der Waals surface area contributed by atoms with Crippen molar-refractivity contribution in [3.05, 3.63) is 64.4 Å². The van der Waals surface area contributed by atoms with E-state index >= 15 is 0 Å². The van der Waals surface area contributed by atoms with Crippen LogP contribution >= 0.6 is 0 Å². The minimum absolute atomic E-state index is 0.394. The van der Waals surface area contributed by atoms with Crippen molar-refractivity contribution in [2.75, 3.05) is 38.7 Å². The fraction of sp³-hybridized carbons (Fsp3) is 0.350. The molecular weight excluding hydrogens is 346 g/mol. The highest BCUT2D eigenvalue weighted by Crippen LogP contribution is 2.34. The maximum atomic E-state index is 12.6. The van der Waals surface area contributed by atoms with Crippen molar-refractivity contribution in [2.45, 2.75) is 12.7 Å². The molecule has 1 amide bonds. The lowest BCUT2D eigenvalue weighted by molar-refractivity contribution is 0.0338. The van der Waals surface area contributed by atoms with E-state index in [1.54, 1.807) is 19.2 Å². The van der Waals surface area contributed by atoms with E-state index in [0.717, 1.165) is 30.0 Å². The van der Waals surface area contributed by atoms with Gasteiger partial charge in [0, 0.05) is 30.9 Å².